The molecule has 38 heavy (non-hydrogen) atoms. The second-order valence-corrected chi connectivity index (χ2v) is 9.93. The maximum Gasteiger partial charge on any atom is 0.295 e. The number of anilines is 1. The van der Waals surface area contributed by atoms with Crippen LogP contribution in [0.2, 0.25) is 5.02 Å². The number of hydrogen-bond donors (Lipinski definition) is 1. The molecule has 4 aromatic rings. The standard InChI is InChI=1S/C28H30ClN5O4/c1-4-37-23-15-14-20(29)16-22(23)27-32-31-26(38-27)19-12-10-18(11-13-19)25(35)30-24-17(2)33(3)34(28(24)36)21-8-6-5-7-9-21/h5-9,14-16,18-19H,4,10-13H2,1-3H3,(H,30,35). The molecule has 1 N–H and O–H groups in total. The summed E-state index contributed by atoms with van der Waals surface area (Å²) < 4.78 is 15.0. The van der Waals surface area contributed by atoms with Crippen LogP contribution in [-0.2, 0) is 11.8 Å². The molecule has 2 heterocycles. The van der Waals surface area contributed by atoms with Gasteiger partial charge in [0, 0.05) is 23.9 Å². The second kappa shape index (κ2) is 10.9. The molecule has 0 aliphatic heterocycles. The van der Waals surface area contributed by atoms with E-state index in [9.17, 15) is 9.59 Å². The van der Waals surface area contributed by atoms with Gasteiger partial charge in [-0.15, -0.1) is 10.2 Å². The van der Waals surface area contributed by atoms with E-state index in [1.54, 1.807) is 27.6 Å². The largest absolute Gasteiger partial charge is 0.493 e. The van der Waals surface area contributed by atoms with Crippen molar-refractivity contribution < 1.29 is 13.9 Å². The first kappa shape index (κ1) is 25.8. The first-order valence-corrected chi connectivity index (χ1v) is 13.2. The quantitative estimate of drug-likeness (QED) is 0.335. The van der Waals surface area contributed by atoms with Crippen molar-refractivity contribution in [2.75, 3.05) is 11.9 Å². The molecule has 0 saturated heterocycles. The van der Waals surface area contributed by atoms with Crippen molar-refractivity contribution in [3.05, 3.63) is 75.5 Å². The third kappa shape index (κ3) is 4.98. The van der Waals surface area contributed by atoms with Crippen molar-refractivity contribution in [1.82, 2.24) is 19.6 Å². The molecule has 10 heteroatoms. The minimum Gasteiger partial charge on any atom is -0.493 e. The van der Waals surface area contributed by atoms with Crippen molar-refractivity contribution in [1.29, 1.82) is 0 Å². The van der Waals surface area contributed by atoms with Gasteiger partial charge in [0.15, 0.2) is 0 Å². The molecular weight excluding hydrogens is 506 g/mol. The summed E-state index contributed by atoms with van der Waals surface area (Å²) in [5, 5.41) is 12.0. The highest BCUT2D eigenvalue weighted by Gasteiger charge is 2.31. The maximum absolute atomic E-state index is 13.2. The van der Waals surface area contributed by atoms with Crippen LogP contribution in [0.3, 0.4) is 0 Å². The lowest BCUT2D eigenvalue weighted by molar-refractivity contribution is -0.120. The van der Waals surface area contributed by atoms with Gasteiger partial charge in [-0.2, -0.15) is 0 Å². The highest BCUT2D eigenvalue weighted by molar-refractivity contribution is 6.30. The molecule has 0 radical (unpaired) electrons. The average molecular weight is 536 g/mol. The highest BCUT2D eigenvalue weighted by atomic mass is 35.5. The molecule has 0 atom stereocenters. The predicted octanol–water partition coefficient (Wildman–Crippen LogP) is 5.50. The van der Waals surface area contributed by atoms with Crippen molar-refractivity contribution >= 4 is 23.2 Å². The summed E-state index contributed by atoms with van der Waals surface area (Å²) in [7, 11) is 1.81. The topological polar surface area (TPSA) is 104 Å². The summed E-state index contributed by atoms with van der Waals surface area (Å²) in [5.41, 5.74) is 2.17. The molecule has 1 amide bonds. The molecule has 5 rings (SSSR count). The number of rotatable bonds is 7. The first-order valence-electron chi connectivity index (χ1n) is 12.8. The van der Waals surface area contributed by atoms with Gasteiger partial charge in [0.2, 0.25) is 11.8 Å². The van der Waals surface area contributed by atoms with Crippen LogP contribution in [0.15, 0.2) is 57.7 Å². The molecule has 2 aromatic heterocycles. The molecule has 0 bridgehead atoms. The number of aromatic nitrogens is 4. The smallest absolute Gasteiger partial charge is 0.295 e. The fourth-order valence-corrected chi connectivity index (χ4v) is 5.17. The summed E-state index contributed by atoms with van der Waals surface area (Å²) in [6, 6.07) is 14.7. The molecule has 1 saturated carbocycles. The summed E-state index contributed by atoms with van der Waals surface area (Å²) >= 11 is 6.18. The number of para-hydroxylation sites is 1. The van der Waals surface area contributed by atoms with Crippen molar-refractivity contribution in [2.24, 2.45) is 13.0 Å². The van der Waals surface area contributed by atoms with Gasteiger partial charge in [-0.3, -0.25) is 14.3 Å². The summed E-state index contributed by atoms with van der Waals surface area (Å²) in [6.45, 7) is 4.24. The Bertz CT molecular complexity index is 1500. The van der Waals surface area contributed by atoms with Gasteiger partial charge in [-0.1, -0.05) is 29.8 Å². The van der Waals surface area contributed by atoms with E-state index in [1.165, 1.54) is 0 Å². The van der Waals surface area contributed by atoms with E-state index in [0.717, 1.165) is 18.5 Å². The van der Waals surface area contributed by atoms with E-state index < -0.39 is 0 Å². The van der Waals surface area contributed by atoms with Gasteiger partial charge in [0.1, 0.15) is 11.4 Å². The molecule has 1 aliphatic carbocycles. The molecular formula is C28H30ClN5O4. The van der Waals surface area contributed by atoms with E-state index >= 15 is 0 Å². The Morgan fingerprint density at radius 3 is 2.58 bits per heavy atom. The van der Waals surface area contributed by atoms with Gasteiger partial charge < -0.3 is 14.5 Å². The SMILES string of the molecule is CCOc1ccc(Cl)cc1-c1nnc(C2CCC(C(=O)Nc3c(C)n(C)n(-c4ccccc4)c3=O)CC2)o1. The predicted molar refractivity (Wildman–Crippen MR) is 145 cm³/mol. The van der Waals surface area contributed by atoms with Crippen LogP contribution < -0.4 is 15.6 Å². The molecule has 0 spiro atoms. The first-order chi connectivity index (χ1) is 18.4. The lowest BCUT2D eigenvalue weighted by atomic mass is 9.81. The third-order valence-corrected chi connectivity index (χ3v) is 7.40. The van der Waals surface area contributed by atoms with Crippen LogP contribution >= 0.6 is 11.6 Å². The van der Waals surface area contributed by atoms with Crippen LogP contribution in [0.25, 0.3) is 17.1 Å². The number of ether oxygens (including phenoxy) is 1. The Morgan fingerprint density at radius 2 is 1.87 bits per heavy atom. The van der Waals surface area contributed by atoms with Crippen molar-refractivity contribution in [3.8, 4) is 22.9 Å². The van der Waals surface area contributed by atoms with E-state index in [0.29, 0.717) is 58.9 Å². The van der Waals surface area contributed by atoms with Crippen LogP contribution in [0.1, 0.15) is 50.1 Å². The van der Waals surface area contributed by atoms with E-state index in [1.807, 2.05) is 51.2 Å². The number of benzene rings is 2. The van der Waals surface area contributed by atoms with E-state index in [-0.39, 0.29) is 23.3 Å². The number of halogens is 1. The zero-order valence-electron chi connectivity index (χ0n) is 21.6. The van der Waals surface area contributed by atoms with E-state index in [4.69, 9.17) is 20.8 Å². The van der Waals surface area contributed by atoms with Crippen LogP contribution in [-0.4, -0.2) is 32.1 Å². The van der Waals surface area contributed by atoms with Crippen LogP contribution in [0.5, 0.6) is 5.75 Å². The number of carbonyl (C=O) groups excluding carboxylic acids is 1. The minimum atomic E-state index is -0.246. The van der Waals surface area contributed by atoms with Gasteiger partial charge in [0.05, 0.1) is 23.6 Å². The zero-order valence-corrected chi connectivity index (χ0v) is 22.4. The summed E-state index contributed by atoms with van der Waals surface area (Å²) in [4.78, 5) is 26.3. The molecule has 0 unspecified atom stereocenters. The second-order valence-electron chi connectivity index (χ2n) is 9.49. The van der Waals surface area contributed by atoms with Gasteiger partial charge in [-0.05, 0) is 69.9 Å². The number of nitrogens with zero attached hydrogens (tertiary/aromatic N) is 4. The van der Waals surface area contributed by atoms with Crippen LogP contribution in [0.4, 0.5) is 5.69 Å². The number of carbonyl (C=O) groups is 1. The van der Waals surface area contributed by atoms with Crippen LogP contribution in [0, 0.1) is 12.8 Å². The lowest BCUT2D eigenvalue weighted by Gasteiger charge is -2.25. The molecule has 2 aromatic carbocycles. The number of amides is 1. The number of hydrogen-bond acceptors (Lipinski definition) is 6. The molecule has 9 nitrogen and oxygen atoms in total. The Balaban J connectivity index is 1.26. The van der Waals surface area contributed by atoms with E-state index in [2.05, 4.69) is 15.5 Å². The van der Waals surface area contributed by atoms with Gasteiger partial charge in [0.25, 0.3) is 11.4 Å². The molecule has 1 fully saturated rings. The van der Waals surface area contributed by atoms with Crippen molar-refractivity contribution in [3.63, 3.8) is 0 Å². The fourth-order valence-electron chi connectivity index (χ4n) is 5.00. The normalized spacial score (nSPS) is 17.4. The fraction of sp³-hybridized carbons (Fsp3) is 0.357. The Morgan fingerprint density at radius 1 is 1.13 bits per heavy atom. The summed E-state index contributed by atoms with van der Waals surface area (Å²) in [6.07, 6.45) is 2.79. The maximum atomic E-state index is 13.2. The Hall–Kier alpha value is -3.85. The average Bonchev–Trinajstić information content (AvgIpc) is 3.50. The van der Waals surface area contributed by atoms with Crippen molar-refractivity contribution in [2.45, 2.75) is 45.4 Å². The highest BCUT2D eigenvalue weighted by Crippen LogP contribution is 2.38. The molecule has 1 aliphatic rings. The lowest BCUT2D eigenvalue weighted by Crippen LogP contribution is -2.29. The van der Waals surface area contributed by atoms with Gasteiger partial charge >= 0.3 is 0 Å². The monoisotopic (exact) mass is 535 g/mol. The number of nitrogens with one attached hydrogen (secondary N) is 1. The Labute approximate surface area is 225 Å². The Kier molecular flexibility index (Phi) is 7.37. The zero-order chi connectivity index (χ0) is 26.8. The summed E-state index contributed by atoms with van der Waals surface area (Å²) in [5.74, 6) is 1.26. The minimum absolute atomic E-state index is 0.0591. The van der Waals surface area contributed by atoms with Gasteiger partial charge in [-0.25, -0.2) is 4.68 Å². The molecule has 198 valence electrons. The third-order valence-electron chi connectivity index (χ3n) is 7.16.